The Bertz CT molecular complexity index is 885. The molecule has 27 heavy (non-hydrogen) atoms. The van der Waals surface area contributed by atoms with Crippen molar-refractivity contribution in [3.63, 3.8) is 0 Å². The minimum atomic E-state index is -0.949. The van der Waals surface area contributed by atoms with Gasteiger partial charge in [-0.2, -0.15) is 10.5 Å². The number of nitriles is 2. The van der Waals surface area contributed by atoms with Crippen molar-refractivity contribution in [2.45, 2.75) is 39.9 Å². The second-order valence-corrected chi connectivity index (χ2v) is 8.46. The lowest BCUT2D eigenvalue weighted by atomic mass is 9.72. The van der Waals surface area contributed by atoms with Crippen LogP contribution in [0.25, 0.3) is 0 Å². The zero-order valence-corrected chi connectivity index (χ0v) is 16.8. The largest absolute Gasteiger partial charge is 0.325 e. The number of anilines is 1. The van der Waals surface area contributed by atoms with E-state index in [-0.39, 0.29) is 5.91 Å². The lowest BCUT2D eigenvalue weighted by Gasteiger charge is -2.35. The van der Waals surface area contributed by atoms with Crippen LogP contribution in [0.5, 0.6) is 0 Å². The minimum absolute atomic E-state index is 0.225. The highest BCUT2D eigenvalue weighted by Crippen LogP contribution is 2.42. The fourth-order valence-electron chi connectivity index (χ4n) is 2.98. The number of para-hydroxylation sites is 1. The summed E-state index contributed by atoms with van der Waals surface area (Å²) >= 11 is 1.11. The number of thioether (sulfide) groups is 1. The number of benzene rings is 1. The molecule has 0 unspecified atom stereocenters. The van der Waals surface area contributed by atoms with E-state index in [9.17, 15) is 20.1 Å². The number of hydrogen-bond donors (Lipinski definition) is 2. The van der Waals surface area contributed by atoms with E-state index in [0.717, 1.165) is 28.6 Å². The standard InChI is InChI=1S/C20H22N4O2S/c1-11-7-6-8-12(2)16(11)23-17(25)13(3)27-19-15(10-22)20(4,5)14(9-21)18(26)24-19/h6-8,13-14H,1-5H3,(H,23,25)(H,24,26)/t13-,14+/m0/s1. The zero-order valence-electron chi connectivity index (χ0n) is 16.0. The van der Waals surface area contributed by atoms with Gasteiger partial charge in [-0.05, 0) is 31.9 Å². The first-order valence-corrected chi connectivity index (χ1v) is 9.40. The Balaban J connectivity index is 2.26. The Hall–Kier alpha value is -2.77. The van der Waals surface area contributed by atoms with Crippen molar-refractivity contribution in [2.75, 3.05) is 5.32 Å². The second-order valence-electron chi connectivity index (χ2n) is 7.11. The topological polar surface area (TPSA) is 106 Å². The maximum Gasteiger partial charge on any atom is 0.243 e. The van der Waals surface area contributed by atoms with Crippen LogP contribution in [0.15, 0.2) is 28.8 Å². The van der Waals surface area contributed by atoms with Crippen LogP contribution in [0.2, 0.25) is 0 Å². The number of rotatable bonds is 4. The van der Waals surface area contributed by atoms with Crippen LogP contribution in [0.1, 0.15) is 31.9 Å². The van der Waals surface area contributed by atoms with Gasteiger partial charge in [-0.25, -0.2) is 0 Å². The van der Waals surface area contributed by atoms with Gasteiger partial charge in [0.2, 0.25) is 11.8 Å². The highest BCUT2D eigenvalue weighted by Gasteiger charge is 2.45. The summed E-state index contributed by atoms with van der Waals surface area (Å²) in [5.41, 5.74) is 2.08. The molecule has 0 spiro atoms. The monoisotopic (exact) mass is 382 g/mol. The first-order valence-electron chi connectivity index (χ1n) is 8.52. The third-order valence-corrected chi connectivity index (χ3v) is 5.84. The van der Waals surface area contributed by atoms with Gasteiger partial charge in [0.25, 0.3) is 0 Å². The first kappa shape index (κ1) is 20.5. The SMILES string of the molecule is Cc1cccc(C)c1NC(=O)[C@H](C)SC1=C(C#N)C(C)(C)[C@H](C#N)C(=O)N1. The average molecular weight is 382 g/mol. The molecular formula is C20H22N4O2S. The van der Waals surface area contributed by atoms with Gasteiger partial charge in [-0.15, -0.1) is 0 Å². The summed E-state index contributed by atoms with van der Waals surface area (Å²) in [6.07, 6.45) is 0. The first-order chi connectivity index (χ1) is 12.6. The Morgan fingerprint density at radius 2 is 1.89 bits per heavy atom. The van der Waals surface area contributed by atoms with Gasteiger partial charge in [0.05, 0.1) is 28.0 Å². The van der Waals surface area contributed by atoms with Crippen LogP contribution >= 0.6 is 11.8 Å². The van der Waals surface area contributed by atoms with E-state index in [4.69, 9.17) is 0 Å². The molecule has 0 saturated heterocycles. The minimum Gasteiger partial charge on any atom is -0.325 e. The third-order valence-electron chi connectivity index (χ3n) is 4.73. The van der Waals surface area contributed by atoms with Crippen LogP contribution in [-0.4, -0.2) is 17.1 Å². The van der Waals surface area contributed by atoms with Gasteiger partial charge in [-0.1, -0.05) is 43.8 Å². The van der Waals surface area contributed by atoms with Gasteiger partial charge in [0.15, 0.2) is 0 Å². The molecule has 2 N–H and O–H groups in total. The van der Waals surface area contributed by atoms with Gasteiger partial charge in [0.1, 0.15) is 5.92 Å². The Morgan fingerprint density at radius 3 is 2.41 bits per heavy atom. The number of hydrogen-bond acceptors (Lipinski definition) is 5. The number of nitrogens with zero attached hydrogens (tertiary/aromatic N) is 2. The average Bonchev–Trinajstić information content (AvgIpc) is 2.57. The molecule has 2 amide bonds. The zero-order chi connectivity index (χ0) is 20.4. The van der Waals surface area contributed by atoms with Crippen LogP contribution in [0.4, 0.5) is 5.69 Å². The van der Waals surface area contributed by atoms with Gasteiger partial charge in [0, 0.05) is 11.1 Å². The van der Waals surface area contributed by atoms with Crippen molar-refractivity contribution in [3.8, 4) is 12.1 Å². The number of nitrogens with one attached hydrogen (secondary N) is 2. The molecule has 0 saturated carbocycles. The number of amides is 2. The van der Waals surface area contributed by atoms with Crippen molar-refractivity contribution in [2.24, 2.45) is 11.3 Å². The maximum atomic E-state index is 12.6. The predicted octanol–water partition coefficient (Wildman–Crippen LogP) is 3.39. The maximum absolute atomic E-state index is 12.6. The lowest BCUT2D eigenvalue weighted by Crippen LogP contribution is -2.45. The molecule has 0 bridgehead atoms. The summed E-state index contributed by atoms with van der Waals surface area (Å²) in [5.74, 6) is -1.63. The molecule has 1 aromatic carbocycles. The normalized spacial score (nSPS) is 19.5. The van der Waals surface area contributed by atoms with Crippen molar-refractivity contribution >= 4 is 29.3 Å². The number of allylic oxidation sites excluding steroid dienone is 1. The molecular weight excluding hydrogens is 360 g/mol. The van der Waals surface area contributed by atoms with E-state index in [0.29, 0.717) is 10.6 Å². The molecule has 2 atom stereocenters. The van der Waals surface area contributed by atoms with Crippen molar-refractivity contribution in [3.05, 3.63) is 39.9 Å². The molecule has 0 aliphatic carbocycles. The molecule has 0 aromatic heterocycles. The number of carbonyl (C=O) groups excluding carboxylic acids is 2. The van der Waals surface area contributed by atoms with Gasteiger partial charge >= 0.3 is 0 Å². The molecule has 0 fully saturated rings. The van der Waals surface area contributed by atoms with Crippen molar-refractivity contribution in [1.29, 1.82) is 10.5 Å². The lowest BCUT2D eigenvalue weighted by molar-refractivity contribution is -0.125. The van der Waals surface area contributed by atoms with E-state index in [1.807, 2.05) is 38.1 Å². The summed E-state index contributed by atoms with van der Waals surface area (Å²) in [4.78, 5) is 24.9. The Morgan fingerprint density at radius 1 is 1.30 bits per heavy atom. The highest BCUT2D eigenvalue weighted by atomic mass is 32.2. The fraction of sp³-hybridized carbons (Fsp3) is 0.400. The van der Waals surface area contributed by atoms with Crippen molar-refractivity contribution in [1.82, 2.24) is 5.32 Å². The summed E-state index contributed by atoms with van der Waals surface area (Å²) in [6, 6.07) is 9.83. The highest BCUT2D eigenvalue weighted by molar-refractivity contribution is 8.04. The quantitative estimate of drug-likeness (QED) is 0.830. The van der Waals surface area contributed by atoms with E-state index < -0.39 is 22.5 Å². The van der Waals surface area contributed by atoms with E-state index in [2.05, 4.69) is 16.7 Å². The Labute approximate surface area is 163 Å². The van der Waals surface area contributed by atoms with E-state index in [1.54, 1.807) is 20.8 Å². The molecule has 7 heteroatoms. The molecule has 140 valence electrons. The molecule has 0 radical (unpaired) electrons. The summed E-state index contributed by atoms with van der Waals surface area (Å²) in [5, 5.41) is 24.2. The van der Waals surface area contributed by atoms with Crippen LogP contribution in [0, 0.1) is 47.8 Å². The van der Waals surface area contributed by atoms with Crippen molar-refractivity contribution < 1.29 is 9.59 Å². The predicted molar refractivity (Wildman–Crippen MR) is 105 cm³/mol. The molecule has 6 nitrogen and oxygen atoms in total. The Kier molecular flexibility index (Phi) is 5.98. The van der Waals surface area contributed by atoms with Crippen LogP contribution < -0.4 is 10.6 Å². The van der Waals surface area contributed by atoms with E-state index >= 15 is 0 Å². The number of aryl methyl sites for hydroxylation is 2. The second kappa shape index (κ2) is 7.85. The summed E-state index contributed by atoms with van der Waals surface area (Å²) in [6.45, 7) is 8.94. The molecule has 1 aliphatic heterocycles. The van der Waals surface area contributed by atoms with Gasteiger partial charge in [-0.3, -0.25) is 9.59 Å². The number of carbonyl (C=O) groups is 2. The summed E-state index contributed by atoms with van der Waals surface area (Å²) in [7, 11) is 0. The van der Waals surface area contributed by atoms with Crippen LogP contribution in [0.3, 0.4) is 0 Å². The van der Waals surface area contributed by atoms with Crippen LogP contribution in [-0.2, 0) is 9.59 Å². The third kappa shape index (κ3) is 3.99. The van der Waals surface area contributed by atoms with E-state index in [1.165, 1.54) is 0 Å². The van der Waals surface area contributed by atoms with Gasteiger partial charge < -0.3 is 10.6 Å². The fourth-order valence-corrected chi connectivity index (χ4v) is 4.09. The molecule has 1 aliphatic rings. The summed E-state index contributed by atoms with van der Waals surface area (Å²) < 4.78 is 0. The molecule has 1 aromatic rings. The molecule has 2 rings (SSSR count). The molecule has 1 heterocycles. The smallest absolute Gasteiger partial charge is 0.243 e.